The Bertz CT molecular complexity index is 1270. The number of rotatable bonds is 6. The predicted molar refractivity (Wildman–Crippen MR) is 145 cm³/mol. The van der Waals surface area contributed by atoms with Gasteiger partial charge in [0.25, 0.3) is 0 Å². The molecule has 3 N–H and O–H groups in total. The normalized spacial score (nSPS) is 25.9. The van der Waals surface area contributed by atoms with E-state index in [1.807, 2.05) is 54.9 Å². The highest BCUT2D eigenvalue weighted by molar-refractivity contribution is 5.89. The molecule has 10 nitrogen and oxygen atoms in total. The van der Waals surface area contributed by atoms with Crippen molar-refractivity contribution in [1.82, 2.24) is 24.8 Å². The molecule has 2 fully saturated rings. The Labute approximate surface area is 223 Å². The number of anilines is 1. The van der Waals surface area contributed by atoms with Gasteiger partial charge in [-0.25, -0.2) is 14.8 Å². The van der Waals surface area contributed by atoms with Crippen molar-refractivity contribution in [2.24, 2.45) is 0 Å². The van der Waals surface area contributed by atoms with Gasteiger partial charge in [-0.05, 0) is 49.4 Å². The first-order valence-corrected chi connectivity index (χ1v) is 13.3. The van der Waals surface area contributed by atoms with Gasteiger partial charge in [0.15, 0.2) is 6.23 Å². The fourth-order valence-corrected chi connectivity index (χ4v) is 5.25. The molecule has 204 valence electrons. The summed E-state index contributed by atoms with van der Waals surface area (Å²) >= 11 is 0. The fraction of sp³-hybridized carbons (Fsp3) is 0.536. The van der Waals surface area contributed by atoms with Crippen LogP contribution >= 0.6 is 0 Å². The molecular formula is C28H38N6O4. The van der Waals surface area contributed by atoms with Crippen molar-refractivity contribution < 1.29 is 19.4 Å². The average molecular weight is 523 g/mol. The number of hydrogen-bond acceptors (Lipinski definition) is 7. The number of amides is 2. The van der Waals surface area contributed by atoms with Gasteiger partial charge in [-0.2, -0.15) is 0 Å². The molecular weight excluding hydrogens is 484 g/mol. The minimum Gasteiger partial charge on any atom is -0.386 e. The van der Waals surface area contributed by atoms with E-state index in [2.05, 4.69) is 46.3 Å². The van der Waals surface area contributed by atoms with E-state index in [1.54, 1.807) is 0 Å². The van der Waals surface area contributed by atoms with E-state index < -0.39 is 18.4 Å². The summed E-state index contributed by atoms with van der Waals surface area (Å²) in [6, 6.07) is 9.66. The summed E-state index contributed by atoms with van der Waals surface area (Å²) in [4.78, 5) is 23.2. The molecule has 4 heterocycles. The summed E-state index contributed by atoms with van der Waals surface area (Å²) in [6.07, 6.45) is 1.93. The first kappa shape index (κ1) is 26.6. The van der Waals surface area contributed by atoms with Crippen molar-refractivity contribution in [1.29, 1.82) is 0 Å². The van der Waals surface area contributed by atoms with Crippen molar-refractivity contribution in [2.45, 2.75) is 77.2 Å². The Balaban J connectivity index is 1.11. The number of aromatic nitrogens is 3. The van der Waals surface area contributed by atoms with Crippen molar-refractivity contribution in [3.05, 3.63) is 54.1 Å². The zero-order chi connectivity index (χ0) is 27.0. The average Bonchev–Trinajstić information content (AvgIpc) is 3.43. The van der Waals surface area contributed by atoms with Gasteiger partial charge in [-0.1, -0.05) is 32.9 Å². The molecule has 2 amide bonds. The van der Waals surface area contributed by atoms with Crippen LogP contribution in [0, 0.1) is 6.92 Å². The van der Waals surface area contributed by atoms with Crippen molar-refractivity contribution >= 4 is 22.8 Å². The smallest absolute Gasteiger partial charge is 0.319 e. The Kier molecular flexibility index (Phi) is 7.41. The molecule has 0 spiro atoms. The minimum atomic E-state index is -0.807. The molecule has 1 aromatic carbocycles. The molecule has 3 aromatic rings. The van der Waals surface area contributed by atoms with Gasteiger partial charge >= 0.3 is 6.03 Å². The number of hydrogen-bond donors (Lipinski definition) is 3. The molecule has 0 saturated carbocycles. The molecule has 0 aliphatic carbocycles. The largest absolute Gasteiger partial charge is 0.386 e. The van der Waals surface area contributed by atoms with Crippen LogP contribution in [0.5, 0.6) is 0 Å². The second-order valence-corrected chi connectivity index (χ2v) is 11.2. The van der Waals surface area contributed by atoms with Gasteiger partial charge in [0, 0.05) is 36.9 Å². The van der Waals surface area contributed by atoms with Crippen LogP contribution in [0.2, 0.25) is 0 Å². The van der Waals surface area contributed by atoms with Gasteiger partial charge < -0.3 is 29.8 Å². The van der Waals surface area contributed by atoms with Crippen LogP contribution in [-0.4, -0.2) is 74.7 Å². The molecule has 10 heteroatoms. The van der Waals surface area contributed by atoms with Crippen LogP contribution < -0.4 is 10.6 Å². The Morgan fingerprint density at radius 2 is 1.92 bits per heavy atom. The van der Waals surface area contributed by atoms with Crippen LogP contribution in [0.25, 0.3) is 11.0 Å². The second-order valence-electron chi connectivity index (χ2n) is 11.2. The third kappa shape index (κ3) is 5.40. The molecule has 3 unspecified atom stereocenters. The number of aliphatic hydroxyl groups excluding tert-OH is 1. The highest BCUT2D eigenvalue weighted by Crippen LogP contribution is 2.37. The van der Waals surface area contributed by atoms with E-state index in [4.69, 9.17) is 9.47 Å². The van der Waals surface area contributed by atoms with E-state index in [9.17, 15) is 9.90 Å². The lowest BCUT2D eigenvalue weighted by Gasteiger charge is -2.39. The summed E-state index contributed by atoms with van der Waals surface area (Å²) in [5.74, 6) is 0. The second kappa shape index (κ2) is 10.6. The van der Waals surface area contributed by atoms with Crippen LogP contribution in [0.15, 0.2) is 42.9 Å². The number of nitrogens with one attached hydrogen (secondary N) is 2. The molecule has 0 radical (unpaired) electrons. The fourth-order valence-electron chi connectivity index (χ4n) is 5.25. The number of benzene rings is 1. The van der Waals surface area contributed by atoms with E-state index >= 15 is 0 Å². The molecule has 38 heavy (non-hydrogen) atoms. The highest BCUT2D eigenvalue weighted by Gasteiger charge is 2.50. The monoisotopic (exact) mass is 522 g/mol. The third-order valence-corrected chi connectivity index (χ3v) is 7.49. The Morgan fingerprint density at radius 3 is 2.66 bits per heavy atom. The van der Waals surface area contributed by atoms with E-state index in [0.717, 1.165) is 35.4 Å². The molecule has 0 bridgehead atoms. The number of aliphatic hydroxyl groups is 1. The molecule has 5 atom stereocenters. The lowest BCUT2D eigenvalue weighted by Crippen LogP contribution is -2.54. The Morgan fingerprint density at radius 1 is 1.16 bits per heavy atom. The van der Waals surface area contributed by atoms with E-state index in [1.165, 1.54) is 11.9 Å². The van der Waals surface area contributed by atoms with Gasteiger partial charge in [0.1, 0.15) is 36.5 Å². The van der Waals surface area contributed by atoms with E-state index in [-0.39, 0.29) is 23.8 Å². The van der Waals surface area contributed by atoms with Gasteiger partial charge in [0.05, 0.1) is 5.69 Å². The third-order valence-electron chi connectivity index (χ3n) is 7.49. The summed E-state index contributed by atoms with van der Waals surface area (Å²) in [5.41, 5.74) is 3.68. The summed E-state index contributed by atoms with van der Waals surface area (Å²) in [7, 11) is 0. The highest BCUT2D eigenvalue weighted by atomic mass is 16.6. The zero-order valence-electron chi connectivity index (χ0n) is 22.7. The molecule has 2 aliphatic rings. The lowest BCUT2D eigenvalue weighted by molar-refractivity contribution is -0.176. The molecule has 2 aliphatic heterocycles. The number of urea groups is 1. The first-order chi connectivity index (χ1) is 18.1. The van der Waals surface area contributed by atoms with Crippen LogP contribution in [0.1, 0.15) is 51.6 Å². The molecule has 2 saturated heterocycles. The quantitative estimate of drug-likeness (QED) is 0.424. The predicted octanol–water partition coefficient (Wildman–Crippen LogP) is 3.55. The number of fused-ring (bicyclic) bond motifs is 2. The maximum Gasteiger partial charge on any atom is 0.319 e. The van der Waals surface area contributed by atoms with Crippen LogP contribution in [0.4, 0.5) is 10.5 Å². The van der Waals surface area contributed by atoms with Gasteiger partial charge in [-0.15, -0.1) is 0 Å². The number of aryl methyl sites for hydroxylation is 1. The Hall–Kier alpha value is -3.05. The van der Waals surface area contributed by atoms with Crippen molar-refractivity contribution in [3.63, 3.8) is 0 Å². The van der Waals surface area contributed by atoms with Crippen molar-refractivity contribution in [3.8, 4) is 0 Å². The van der Waals surface area contributed by atoms with Crippen molar-refractivity contribution in [2.75, 3.05) is 25.0 Å². The molecule has 5 rings (SSSR count). The standard InChI is InChI=1S/C28H38N6O4/c1-17-21-11-14-34(25(21)31-16-30-17)26-23(35)24-22(38-26)15-33(18(2)37-24)13-6-12-29-27(36)32-20-9-7-19(8-10-20)28(3,4)5/h7-11,14,16,18,22-24,26,35H,6,12-13,15H2,1-5H3,(H2,29,32,36)/t18?,22-,23?,24-,26?/m1/s1. The first-order valence-electron chi connectivity index (χ1n) is 13.3. The summed E-state index contributed by atoms with van der Waals surface area (Å²) in [6.45, 7) is 12.3. The van der Waals surface area contributed by atoms with E-state index in [0.29, 0.717) is 13.1 Å². The van der Waals surface area contributed by atoms with Crippen LogP contribution in [0.3, 0.4) is 0 Å². The summed E-state index contributed by atoms with van der Waals surface area (Å²) in [5, 5.41) is 17.8. The van der Waals surface area contributed by atoms with Gasteiger partial charge in [0.2, 0.25) is 0 Å². The number of ether oxygens (including phenoxy) is 2. The lowest BCUT2D eigenvalue weighted by atomic mass is 9.87. The maximum atomic E-state index is 12.3. The van der Waals surface area contributed by atoms with Crippen LogP contribution in [-0.2, 0) is 14.9 Å². The number of carbonyl (C=O) groups excluding carboxylic acids is 1. The maximum absolute atomic E-state index is 12.3. The summed E-state index contributed by atoms with van der Waals surface area (Å²) < 4.78 is 14.4. The topological polar surface area (TPSA) is 114 Å². The molecule has 2 aromatic heterocycles. The zero-order valence-corrected chi connectivity index (χ0v) is 22.7. The number of nitrogens with zero attached hydrogens (tertiary/aromatic N) is 4. The number of carbonyl (C=O) groups is 1. The van der Waals surface area contributed by atoms with Gasteiger partial charge in [-0.3, -0.25) is 4.90 Å². The SMILES string of the molecule is Cc1ncnc2c1ccn2C1O[C@@H]2CN(CCCNC(=O)Nc3ccc(C(C)(C)C)cc3)C(C)O[C@H]2C1O. The minimum absolute atomic E-state index is 0.0728.